The van der Waals surface area contributed by atoms with Gasteiger partial charge >= 0.3 is 6.03 Å². The minimum absolute atomic E-state index is 0.0206. The van der Waals surface area contributed by atoms with Gasteiger partial charge in [-0.1, -0.05) is 29.8 Å². The number of imide groups is 1. The van der Waals surface area contributed by atoms with Crippen LogP contribution in [0.1, 0.15) is 18.1 Å². The Morgan fingerprint density at radius 3 is 2.41 bits per heavy atom. The molecular formula is C19H17F2N3O3. The number of hydrogen-bond acceptors (Lipinski definition) is 3. The lowest BCUT2D eigenvalue weighted by molar-refractivity contribution is -0.133. The Hall–Kier alpha value is -3.29. The van der Waals surface area contributed by atoms with Gasteiger partial charge in [-0.2, -0.15) is 0 Å². The smallest absolute Gasteiger partial charge is 0.324 e. The summed E-state index contributed by atoms with van der Waals surface area (Å²) in [6, 6.07) is 9.26. The van der Waals surface area contributed by atoms with E-state index >= 15 is 0 Å². The molecule has 0 aromatic heterocycles. The van der Waals surface area contributed by atoms with Crippen LogP contribution in [0.3, 0.4) is 0 Å². The Morgan fingerprint density at radius 2 is 1.78 bits per heavy atom. The second kappa shape index (κ2) is 6.79. The summed E-state index contributed by atoms with van der Waals surface area (Å²) < 4.78 is 26.2. The number of amides is 4. The van der Waals surface area contributed by atoms with Crippen molar-refractivity contribution in [1.82, 2.24) is 10.2 Å². The van der Waals surface area contributed by atoms with Crippen molar-refractivity contribution in [1.29, 1.82) is 0 Å². The Bertz CT molecular complexity index is 930. The largest absolute Gasteiger partial charge is 0.325 e. The minimum Gasteiger partial charge on any atom is -0.324 e. The van der Waals surface area contributed by atoms with Crippen molar-refractivity contribution < 1.29 is 23.2 Å². The first-order valence-corrected chi connectivity index (χ1v) is 8.17. The van der Waals surface area contributed by atoms with Gasteiger partial charge in [0.05, 0.1) is 0 Å². The summed E-state index contributed by atoms with van der Waals surface area (Å²) in [6.45, 7) is 2.91. The summed E-state index contributed by atoms with van der Waals surface area (Å²) in [4.78, 5) is 37.9. The summed E-state index contributed by atoms with van der Waals surface area (Å²) in [5, 5.41) is 4.93. The quantitative estimate of drug-likeness (QED) is 0.809. The molecule has 1 fully saturated rings. The average molecular weight is 373 g/mol. The summed E-state index contributed by atoms with van der Waals surface area (Å²) in [5.74, 6) is -3.44. The molecule has 0 spiro atoms. The monoisotopic (exact) mass is 373 g/mol. The Kier molecular flexibility index (Phi) is 4.65. The fourth-order valence-corrected chi connectivity index (χ4v) is 2.84. The number of benzene rings is 2. The molecule has 3 rings (SSSR count). The van der Waals surface area contributed by atoms with Crippen molar-refractivity contribution in [3.05, 3.63) is 65.2 Å². The number of rotatable bonds is 4. The molecule has 0 aliphatic carbocycles. The molecule has 1 heterocycles. The van der Waals surface area contributed by atoms with E-state index in [1.54, 1.807) is 19.1 Å². The normalized spacial score (nSPS) is 19.2. The summed E-state index contributed by atoms with van der Waals surface area (Å²) in [6.07, 6.45) is 0. The fraction of sp³-hybridized carbons (Fsp3) is 0.211. The third-order valence-electron chi connectivity index (χ3n) is 4.41. The minimum atomic E-state index is -1.28. The Balaban J connectivity index is 1.74. The van der Waals surface area contributed by atoms with Crippen LogP contribution in [0.2, 0.25) is 0 Å². The van der Waals surface area contributed by atoms with Gasteiger partial charge in [-0.25, -0.2) is 13.6 Å². The second-order valence-corrected chi connectivity index (χ2v) is 6.49. The van der Waals surface area contributed by atoms with Crippen molar-refractivity contribution in [2.75, 3.05) is 11.9 Å². The zero-order chi connectivity index (χ0) is 19.8. The summed E-state index contributed by atoms with van der Waals surface area (Å²) in [5.41, 5.74) is 0.330. The highest BCUT2D eigenvalue weighted by atomic mass is 19.2. The van der Waals surface area contributed by atoms with Crippen molar-refractivity contribution >= 4 is 23.5 Å². The van der Waals surface area contributed by atoms with Gasteiger partial charge in [0.1, 0.15) is 12.1 Å². The van der Waals surface area contributed by atoms with Gasteiger partial charge in [0.25, 0.3) is 5.91 Å². The zero-order valence-corrected chi connectivity index (χ0v) is 14.7. The standard InChI is InChI=1S/C19H17F2N3O3/c1-11-3-5-12(6-4-11)19(2)17(26)24(18(27)23-19)10-16(25)22-13-7-8-14(20)15(21)9-13/h3-9H,10H2,1-2H3,(H,22,25)(H,23,27)/t19-/m1/s1. The third kappa shape index (κ3) is 3.51. The number of anilines is 1. The van der Waals surface area contributed by atoms with Gasteiger partial charge in [0.2, 0.25) is 5.91 Å². The molecule has 1 atom stereocenters. The number of urea groups is 1. The van der Waals surface area contributed by atoms with Crippen LogP contribution in [0, 0.1) is 18.6 Å². The van der Waals surface area contributed by atoms with E-state index in [0.29, 0.717) is 5.56 Å². The maximum atomic E-state index is 13.2. The molecule has 140 valence electrons. The molecular weight excluding hydrogens is 356 g/mol. The predicted octanol–water partition coefficient (Wildman–Crippen LogP) is 2.68. The highest BCUT2D eigenvalue weighted by molar-refractivity contribution is 6.10. The Labute approximate surface area is 154 Å². The van der Waals surface area contributed by atoms with Crippen molar-refractivity contribution in [2.24, 2.45) is 0 Å². The van der Waals surface area contributed by atoms with E-state index in [-0.39, 0.29) is 5.69 Å². The molecule has 1 aliphatic rings. The van der Waals surface area contributed by atoms with Crippen LogP contribution in [-0.2, 0) is 15.1 Å². The van der Waals surface area contributed by atoms with Crippen LogP contribution in [-0.4, -0.2) is 29.3 Å². The third-order valence-corrected chi connectivity index (χ3v) is 4.41. The van der Waals surface area contributed by atoms with E-state index in [2.05, 4.69) is 10.6 Å². The van der Waals surface area contributed by atoms with Gasteiger partial charge in [-0.05, 0) is 31.5 Å². The van der Waals surface area contributed by atoms with E-state index in [1.165, 1.54) is 6.07 Å². The molecule has 1 aliphatic heterocycles. The van der Waals surface area contributed by atoms with E-state index in [1.807, 2.05) is 19.1 Å². The lowest BCUT2D eigenvalue weighted by Crippen LogP contribution is -2.42. The molecule has 0 radical (unpaired) electrons. The van der Waals surface area contributed by atoms with Crippen LogP contribution < -0.4 is 10.6 Å². The van der Waals surface area contributed by atoms with Gasteiger partial charge < -0.3 is 10.6 Å². The first-order chi connectivity index (χ1) is 12.7. The SMILES string of the molecule is Cc1ccc([C@@]2(C)NC(=O)N(CC(=O)Nc3ccc(F)c(F)c3)C2=O)cc1. The lowest BCUT2D eigenvalue weighted by atomic mass is 9.91. The molecule has 0 saturated carbocycles. The van der Waals surface area contributed by atoms with Crippen LogP contribution in [0.5, 0.6) is 0 Å². The van der Waals surface area contributed by atoms with Gasteiger partial charge in [0, 0.05) is 11.8 Å². The number of nitrogens with one attached hydrogen (secondary N) is 2. The van der Waals surface area contributed by atoms with Crippen molar-refractivity contribution in [3.8, 4) is 0 Å². The first kappa shape index (κ1) is 18.5. The summed E-state index contributed by atoms with van der Waals surface area (Å²) in [7, 11) is 0. The number of hydrogen-bond donors (Lipinski definition) is 2. The topological polar surface area (TPSA) is 78.5 Å². The van der Waals surface area contributed by atoms with E-state index in [9.17, 15) is 23.2 Å². The van der Waals surface area contributed by atoms with Gasteiger partial charge in [-0.15, -0.1) is 0 Å². The molecule has 4 amide bonds. The molecule has 2 N–H and O–H groups in total. The highest BCUT2D eigenvalue weighted by Crippen LogP contribution is 2.29. The van der Waals surface area contributed by atoms with Crippen LogP contribution in [0.25, 0.3) is 0 Å². The molecule has 0 bridgehead atoms. The number of nitrogens with zero attached hydrogens (tertiary/aromatic N) is 1. The van der Waals surface area contributed by atoms with Crippen molar-refractivity contribution in [3.63, 3.8) is 0 Å². The predicted molar refractivity (Wildman–Crippen MR) is 93.8 cm³/mol. The number of halogens is 2. The maximum absolute atomic E-state index is 13.2. The van der Waals surface area contributed by atoms with Crippen LogP contribution in [0.4, 0.5) is 19.3 Å². The molecule has 8 heteroatoms. The second-order valence-electron chi connectivity index (χ2n) is 6.49. The summed E-state index contributed by atoms with van der Waals surface area (Å²) >= 11 is 0. The molecule has 27 heavy (non-hydrogen) atoms. The lowest BCUT2D eigenvalue weighted by Gasteiger charge is -2.22. The number of carbonyl (C=O) groups is 3. The number of aryl methyl sites for hydroxylation is 1. The molecule has 2 aromatic rings. The average Bonchev–Trinajstić information content (AvgIpc) is 2.83. The fourth-order valence-electron chi connectivity index (χ4n) is 2.84. The number of carbonyl (C=O) groups excluding carboxylic acids is 3. The van der Waals surface area contributed by atoms with E-state index in [4.69, 9.17) is 0 Å². The van der Waals surface area contributed by atoms with Crippen molar-refractivity contribution in [2.45, 2.75) is 19.4 Å². The molecule has 6 nitrogen and oxygen atoms in total. The van der Waals surface area contributed by atoms with Crippen LogP contribution in [0.15, 0.2) is 42.5 Å². The molecule has 0 unspecified atom stereocenters. The zero-order valence-electron chi connectivity index (χ0n) is 14.7. The maximum Gasteiger partial charge on any atom is 0.325 e. The van der Waals surface area contributed by atoms with E-state index in [0.717, 1.165) is 22.6 Å². The highest BCUT2D eigenvalue weighted by Gasteiger charge is 2.49. The van der Waals surface area contributed by atoms with Crippen LogP contribution >= 0.6 is 0 Å². The molecule has 1 saturated heterocycles. The van der Waals surface area contributed by atoms with Gasteiger partial charge in [0.15, 0.2) is 11.6 Å². The first-order valence-electron chi connectivity index (χ1n) is 8.17. The Morgan fingerprint density at radius 1 is 1.11 bits per heavy atom. The van der Waals surface area contributed by atoms with E-state index < -0.39 is 41.6 Å². The molecule has 2 aromatic carbocycles. The van der Waals surface area contributed by atoms with Gasteiger partial charge in [-0.3, -0.25) is 14.5 Å².